The lowest BCUT2D eigenvalue weighted by Crippen LogP contribution is -2.52. The van der Waals surface area contributed by atoms with Gasteiger partial charge in [-0.05, 0) is 32.6 Å². The van der Waals surface area contributed by atoms with Crippen LogP contribution in [0.3, 0.4) is 0 Å². The zero-order valence-corrected chi connectivity index (χ0v) is 12.3. The van der Waals surface area contributed by atoms with Crippen LogP contribution in [-0.2, 0) is 4.79 Å². The van der Waals surface area contributed by atoms with Gasteiger partial charge in [-0.1, -0.05) is 20.3 Å². The van der Waals surface area contributed by atoms with Crippen LogP contribution in [0, 0.1) is 11.8 Å². The average molecular weight is 270 g/mol. The molecule has 0 aromatic heterocycles. The van der Waals surface area contributed by atoms with Crippen molar-refractivity contribution in [3.8, 4) is 0 Å². The van der Waals surface area contributed by atoms with Gasteiger partial charge in [0.2, 0.25) is 0 Å². The van der Waals surface area contributed by atoms with Gasteiger partial charge in [0.05, 0.1) is 5.92 Å². The summed E-state index contributed by atoms with van der Waals surface area (Å²) in [5.74, 6) is -0.623. The van der Waals surface area contributed by atoms with Crippen molar-refractivity contribution in [2.24, 2.45) is 11.8 Å². The number of urea groups is 1. The molecule has 0 spiro atoms. The van der Waals surface area contributed by atoms with Crippen molar-refractivity contribution in [3.05, 3.63) is 0 Å². The highest BCUT2D eigenvalue weighted by Crippen LogP contribution is 2.23. The molecule has 0 aliphatic carbocycles. The number of nitrogens with one attached hydrogen (secondary N) is 1. The summed E-state index contributed by atoms with van der Waals surface area (Å²) in [6, 6.07) is 0.0602. The van der Waals surface area contributed by atoms with Crippen molar-refractivity contribution in [3.63, 3.8) is 0 Å². The first kappa shape index (κ1) is 15.8. The molecule has 1 saturated heterocycles. The predicted molar refractivity (Wildman–Crippen MR) is 74.0 cm³/mol. The standard InChI is InChI=1S/C14H26N2O3/c1-5-9(2)11(4)15-14(19)16-7-6-12(13(17)18)8-10(16)3/h9-12H,5-8H2,1-4H3,(H,15,19)(H,17,18). The normalized spacial score (nSPS) is 26.6. The highest BCUT2D eigenvalue weighted by atomic mass is 16.4. The van der Waals surface area contributed by atoms with E-state index >= 15 is 0 Å². The summed E-state index contributed by atoms with van der Waals surface area (Å²) in [6.07, 6.45) is 2.11. The first-order valence-corrected chi connectivity index (χ1v) is 7.16. The molecule has 5 heteroatoms. The molecule has 0 aromatic carbocycles. The molecule has 0 radical (unpaired) electrons. The van der Waals surface area contributed by atoms with E-state index in [1.807, 2.05) is 13.8 Å². The van der Waals surface area contributed by atoms with E-state index in [1.54, 1.807) is 4.90 Å². The van der Waals surface area contributed by atoms with Crippen molar-refractivity contribution in [1.29, 1.82) is 0 Å². The molecule has 1 fully saturated rings. The fourth-order valence-electron chi connectivity index (χ4n) is 2.47. The predicted octanol–water partition coefficient (Wildman–Crippen LogP) is 2.32. The Morgan fingerprint density at radius 1 is 1.42 bits per heavy atom. The van der Waals surface area contributed by atoms with Crippen LogP contribution in [0.1, 0.15) is 47.0 Å². The molecule has 1 aliphatic rings. The minimum Gasteiger partial charge on any atom is -0.481 e. The van der Waals surface area contributed by atoms with E-state index in [9.17, 15) is 9.59 Å². The van der Waals surface area contributed by atoms with Crippen molar-refractivity contribution in [2.45, 2.75) is 59.0 Å². The van der Waals surface area contributed by atoms with E-state index in [1.165, 1.54) is 0 Å². The zero-order valence-electron chi connectivity index (χ0n) is 12.3. The Morgan fingerprint density at radius 2 is 2.05 bits per heavy atom. The van der Waals surface area contributed by atoms with E-state index in [0.29, 0.717) is 25.3 Å². The van der Waals surface area contributed by atoms with Crippen LogP contribution in [0.15, 0.2) is 0 Å². The molecule has 0 bridgehead atoms. The van der Waals surface area contributed by atoms with Gasteiger partial charge < -0.3 is 15.3 Å². The first-order chi connectivity index (χ1) is 8.86. The quantitative estimate of drug-likeness (QED) is 0.823. The topological polar surface area (TPSA) is 69.6 Å². The smallest absolute Gasteiger partial charge is 0.317 e. The molecule has 0 saturated carbocycles. The lowest BCUT2D eigenvalue weighted by atomic mass is 9.92. The molecule has 5 nitrogen and oxygen atoms in total. The number of piperidine rings is 1. The van der Waals surface area contributed by atoms with Crippen molar-refractivity contribution in [2.75, 3.05) is 6.54 Å². The van der Waals surface area contributed by atoms with Crippen LogP contribution >= 0.6 is 0 Å². The lowest BCUT2D eigenvalue weighted by Gasteiger charge is -2.37. The largest absolute Gasteiger partial charge is 0.481 e. The van der Waals surface area contributed by atoms with Gasteiger partial charge in [-0.2, -0.15) is 0 Å². The maximum atomic E-state index is 12.2. The number of hydrogen-bond donors (Lipinski definition) is 2. The van der Waals surface area contributed by atoms with Crippen molar-refractivity contribution >= 4 is 12.0 Å². The summed E-state index contributed by atoms with van der Waals surface area (Å²) >= 11 is 0. The fraction of sp³-hybridized carbons (Fsp3) is 0.857. The Bertz CT molecular complexity index is 333. The second-order valence-corrected chi connectivity index (χ2v) is 5.73. The second-order valence-electron chi connectivity index (χ2n) is 5.73. The third-order valence-corrected chi connectivity index (χ3v) is 4.33. The van der Waals surface area contributed by atoms with Crippen molar-refractivity contribution in [1.82, 2.24) is 10.2 Å². The molecule has 110 valence electrons. The Morgan fingerprint density at radius 3 is 2.53 bits per heavy atom. The summed E-state index contributed by atoms with van der Waals surface area (Å²) in [5, 5.41) is 12.0. The van der Waals surface area contributed by atoms with Crippen molar-refractivity contribution < 1.29 is 14.7 Å². The molecule has 2 N–H and O–H groups in total. The number of carbonyl (C=O) groups excluding carboxylic acids is 1. The molecular formula is C14H26N2O3. The van der Waals surface area contributed by atoms with Crippen LogP contribution in [0.4, 0.5) is 4.79 Å². The van der Waals surface area contributed by atoms with E-state index in [4.69, 9.17) is 5.11 Å². The molecule has 19 heavy (non-hydrogen) atoms. The number of carboxylic acid groups (broad SMARTS) is 1. The summed E-state index contributed by atoms with van der Waals surface area (Å²) in [6.45, 7) is 8.68. The Labute approximate surface area is 115 Å². The van der Waals surface area contributed by atoms with Crippen LogP contribution in [-0.4, -0.2) is 40.6 Å². The zero-order chi connectivity index (χ0) is 14.6. The van der Waals surface area contributed by atoms with Crippen LogP contribution < -0.4 is 5.32 Å². The van der Waals surface area contributed by atoms with E-state index in [2.05, 4.69) is 19.2 Å². The molecule has 0 aromatic rings. The Balaban J connectivity index is 2.52. The monoisotopic (exact) mass is 270 g/mol. The third-order valence-electron chi connectivity index (χ3n) is 4.33. The van der Waals surface area contributed by atoms with Crippen LogP contribution in [0.5, 0.6) is 0 Å². The number of hydrogen-bond acceptors (Lipinski definition) is 2. The molecule has 1 heterocycles. The summed E-state index contributed by atoms with van der Waals surface area (Å²) in [4.78, 5) is 24.9. The highest BCUT2D eigenvalue weighted by molar-refractivity contribution is 5.76. The number of rotatable bonds is 4. The third kappa shape index (κ3) is 4.11. The van der Waals surface area contributed by atoms with Gasteiger partial charge >= 0.3 is 12.0 Å². The Hall–Kier alpha value is -1.26. The number of carbonyl (C=O) groups is 2. The summed E-state index contributed by atoms with van der Waals surface area (Å²) in [7, 11) is 0. The molecular weight excluding hydrogens is 244 g/mol. The molecule has 2 amide bonds. The van der Waals surface area contributed by atoms with Gasteiger partial charge in [0.25, 0.3) is 0 Å². The van der Waals surface area contributed by atoms with Gasteiger partial charge in [-0.15, -0.1) is 0 Å². The first-order valence-electron chi connectivity index (χ1n) is 7.16. The minimum atomic E-state index is -0.750. The summed E-state index contributed by atoms with van der Waals surface area (Å²) < 4.78 is 0. The number of likely N-dealkylation sites (tertiary alicyclic amines) is 1. The van der Waals surface area contributed by atoms with Crippen LogP contribution in [0.25, 0.3) is 0 Å². The van der Waals surface area contributed by atoms with Crippen LogP contribution in [0.2, 0.25) is 0 Å². The number of aliphatic carboxylic acids is 1. The maximum Gasteiger partial charge on any atom is 0.317 e. The van der Waals surface area contributed by atoms with Gasteiger partial charge in [-0.3, -0.25) is 4.79 Å². The molecule has 4 atom stereocenters. The SMILES string of the molecule is CCC(C)C(C)NC(=O)N1CCC(C(=O)O)CC1C. The number of nitrogens with zero attached hydrogens (tertiary/aromatic N) is 1. The Kier molecular flexibility index (Phi) is 5.63. The second kappa shape index (κ2) is 6.78. The minimum absolute atomic E-state index is 0.0148. The fourth-order valence-corrected chi connectivity index (χ4v) is 2.47. The number of carboxylic acids is 1. The molecule has 1 aliphatic heterocycles. The average Bonchev–Trinajstić information content (AvgIpc) is 2.37. The van der Waals surface area contributed by atoms with Gasteiger partial charge in [0.1, 0.15) is 0 Å². The van der Waals surface area contributed by atoms with Gasteiger partial charge in [-0.25, -0.2) is 4.79 Å². The van der Waals surface area contributed by atoms with E-state index in [-0.39, 0.29) is 24.0 Å². The van der Waals surface area contributed by atoms with E-state index in [0.717, 1.165) is 6.42 Å². The van der Waals surface area contributed by atoms with Gasteiger partial charge in [0, 0.05) is 18.6 Å². The highest BCUT2D eigenvalue weighted by Gasteiger charge is 2.32. The summed E-state index contributed by atoms with van der Waals surface area (Å²) in [5.41, 5.74) is 0. The number of amides is 2. The van der Waals surface area contributed by atoms with E-state index < -0.39 is 5.97 Å². The lowest BCUT2D eigenvalue weighted by molar-refractivity contribution is -0.143. The maximum absolute atomic E-state index is 12.2. The van der Waals surface area contributed by atoms with Gasteiger partial charge in [0.15, 0.2) is 0 Å². The molecule has 4 unspecified atom stereocenters. The molecule has 1 rings (SSSR count).